The summed E-state index contributed by atoms with van der Waals surface area (Å²) in [5, 5.41) is 5.09. The van der Waals surface area contributed by atoms with E-state index in [1.54, 1.807) is 25.4 Å². The monoisotopic (exact) mass is 228 g/mol. The Hall–Kier alpha value is -1.43. The lowest BCUT2D eigenvalue weighted by Crippen LogP contribution is -2.44. The zero-order chi connectivity index (χ0) is 11.5. The largest absolute Gasteiger partial charge is 0.462 e. The third kappa shape index (κ3) is 2.76. The Morgan fingerprint density at radius 3 is 2.67 bits per heavy atom. The van der Waals surface area contributed by atoms with Crippen molar-refractivity contribution in [3.63, 3.8) is 0 Å². The Balaban J connectivity index is 2.73. The van der Waals surface area contributed by atoms with Crippen LogP contribution in [0, 0.1) is 0 Å². The molecule has 1 heterocycles. The van der Waals surface area contributed by atoms with E-state index < -0.39 is 17.4 Å². The van der Waals surface area contributed by atoms with Crippen LogP contribution in [0.4, 0.5) is 0 Å². The first-order valence-corrected chi connectivity index (χ1v) is 5.16. The van der Waals surface area contributed by atoms with Crippen molar-refractivity contribution in [3.8, 4) is 0 Å². The summed E-state index contributed by atoms with van der Waals surface area (Å²) < 4.78 is 4.31. The highest BCUT2D eigenvalue weighted by Crippen LogP contribution is 2.21. The van der Waals surface area contributed by atoms with E-state index in [2.05, 4.69) is 15.0 Å². The molecule has 0 aromatic carbocycles. The van der Waals surface area contributed by atoms with Gasteiger partial charge in [-0.1, -0.05) is 0 Å². The molecule has 0 unspecified atom stereocenters. The van der Waals surface area contributed by atoms with Gasteiger partial charge in [0.05, 0.1) is 12.6 Å². The molecule has 0 atom stereocenters. The minimum atomic E-state index is -0.903. The molecule has 0 saturated carbocycles. The van der Waals surface area contributed by atoms with Crippen LogP contribution in [-0.4, -0.2) is 24.0 Å². The van der Waals surface area contributed by atoms with Crippen LogP contribution >= 0.6 is 11.3 Å². The van der Waals surface area contributed by atoms with Gasteiger partial charge in [-0.05, 0) is 13.8 Å². The lowest BCUT2D eigenvalue weighted by Gasteiger charge is -2.22. The summed E-state index contributed by atoms with van der Waals surface area (Å²) in [7, 11) is 1.16. The zero-order valence-electron chi connectivity index (χ0n) is 8.73. The summed E-state index contributed by atoms with van der Waals surface area (Å²) in [4.78, 5) is 26.3. The maximum Gasteiger partial charge on any atom is 0.396 e. The molecule has 1 rings (SSSR count). The zero-order valence-corrected chi connectivity index (χ0v) is 9.55. The predicted octanol–water partition coefficient (Wildman–Crippen LogP) is 0.667. The van der Waals surface area contributed by atoms with Crippen molar-refractivity contribution < 1.29 is 14.3 Å². The fourth-order valence-electron chi connectivity index (χ4n) is 1.01. The average Bonchev–Trinajstić information content (AvgIpc) is 2.69. The van der Waals surface area contributed by atoms with E-state index >= 15 is 0 Å². The van der Waals surface area contributed by atoms with Gasteiger partial charge in [0, 0.05) is 11.6 Å². The smallest absolute Gasteiger partial charge is 0.396 e. The van der Waals surface area contributed by atoms with Crippen molar-refractivity contribution in [2.75, 3.05) is 7.11 Å². The number of esters is 1. The predicted molar refractivity (Wildman–Crippen MR) is 55.3 cm³/mol. The Morgan fingerprint density at radius 2 is 2.20 bits per heavy atom. The average molecular weight is 228 g/mol. The van der Waals surface area contributed by atoms with Crippen molar-refractivity contribution in [3.05, 3.63) is 16.6 Å². The van der Waals surface area contributed by atoms with E-state index in [-0.39, 0.29) is 0 Å². The first-order chi connectivity index (χ1) is 6.97. The first-order valence-electron chi connectivity index (χ1n) is 4.28. The molecule has 0 fully saturated rings. The maximum atomic E-state index is 11.3. The number of carbonyl (C=O) groups excluding carboxylic acids is 2. The van der Waals surface area contributed by atoms with Crippen LogP contribution in [0.15, 0.2) is 11.6 Å². The summed E-state index contributed by atoms with van der Waals surface area (Å²) in [5.41, 5.74) is -0.667. The highest BCUT2D eigenvalue weighted by atomic mass is 32.1. The van der Waals surface area contributed by atoms with Gasteiger partial charge in [0.15, 0.2) is 0 Å². The van der Waals surface area contributed by atoms with Crippen molar-refractivity contribution in [1.82, 2.24) is 10.3 Å². The number of hydrogen-bond acceptors (Lipinski definition) is 5. The quantitative estimate of drug-likeness (QED) is 0.596. The fourth-order valence-corrected chi connectivity index (χ4v) is 1.73. The summed E-state index contributed by atoms with van der Waals surface area (Å²) in [6, 6.07) is 0. The van der Waals surface area contributed by atoms with E-state index in [1.165, 1.54) is 11.3 Å². The summed E-state index contributed by atoms with van der Waals surface area (Å²) in [6.07, 6.45) is 1.64. The van der Waals surface area contributed by atoms with Crippen molar-refractivity contribution in [2.45, 2.75) is 19.4 Å². The van der Waals surface area contributed by atoms with Gasteiger partial charge >= 0.3 is 11.9 Å². The fraction of sp³-hybridized carbons (Fsp3) is 0.444. The molecule has 1 amide bonds. The van der Waals surface area contributed by atoms with E-state index in [1.807, 2.05) is 0 Å². The lowest BCUT2D eigenvalue weighted by atomic mass is 10.1. The van der Waals surface area contributed by atoms with Gasteiger partial charge in [-0.15, -0.1) is 11.3 Å². The summed E-state index contributed by atoms with van der Waals surface area (Å²) >= 11 is 1.41. The van der Waals surface area contributed by atoms with Gasteiger partial charge in [0.1, 0.15) is 5.01 Å². The van der Waals surface area contributed by atoms with Crippen LogP contribution in [0.1, 0.15) is 18.9 Å². The summed E-state index contributed by atoms with van der Waals surface area (Å²) in [6.45, 7) is 3.54. The summed E-state index contributed by atoms with van der Waals surface area (Å²) in [5.74, 6) is -1.67. The molecular weight excluding hydrogens is 216 g/mol. The van der Waals surface area contributed by atoms with Crippen molar-refractivity contribution in [1.29, 1.82) is 0 Å². The molecule has 0 aliphatic carbocycles. The second-order valence-corrected chi connectivity index (χ2v) is 4.30. The molecule has 0 spiro atoms. The van der Waals surface area contributed by atoms with Crippen LogP contribution in [0.3, 0.4) is 0 Å². The van der Waals surface area contributed by atoms with Crippen LogP contribution in [-0.2, 0) is 19.9 Å². The highest BCUT2D eigenvalue weighted by molar-refractivity contribution is 7.09. The van der Waals surface area contributed by atoms with E-state index in [0.29, 0.717) is 0 Å². The van der Waals surface area contributed by atoms with Crippen LogP contribution in [0.2, 0.25) is 0 Å². The van der Waals surface area contributed by atoms with Crippen LogP contribution in [0.5, 0.6) is 0 Å². The third-order valence-electron chi connectivity index (χ3n) is 1.76. The third-order valence-corrected chi connectivity index (χ3v) is 2.86. The number of nitrogens with one attached hydrogen (secondary N) is 1. The second-order valence-electron chi connectivity index (χ2n) is 3.41. The second kappa shape index (κ2) is 4.39. The van der Waals surface area contributed by atoms with Gasteiger partial charge in [-0.2, -0.15) is 0 Å². The standard InChI is InChI=1S/C9H12N2O3S/c1-9(2,8-10-4-5-15-8)11-6(12)7(13)14-3/h4-5H,1-3H3,(H,11,12). The molecule has 0 radical (unpaired) electrons. The number of nitrogens with zero attached hydrogens (tertiary/aromatic N) is 1. The Bertz CT molecular complexity index is 359. The number of carbonyl (C=O) groups is 2. The maximum absolute atomic E-state index is 11.3. The molecule has 5 nitrogen and oxygen atoms in total. The Kier molecular flexibility index (Phi) is 3.41. The molecule has 15 heavy (non-hydrogen) atoms. The number of amides is 1. The molecule has 82 valence electrons. The van der Waals surface area contributed by atoms with E-state index in [4.69, 9.17) is 0 Å². The Morgan fingerprint density at radius 1 is 1.53 bits per heavy atom. The molecule has 0 saturated heterocycles. The minimum Gasteiger partial charge on any atom is -0.462 e. The minimum absolute atomic E-state index is 0.667. The number of ether oxygens (including phenoxy) is 1. The topological polar surface area (TPSA) is 68.3 Å². The molecule has 1 aromatic rings. The molecule has 0 bridgehead atoms. The van der Waals surface area contributed by atoms with Gasteiger partial charge in [-0.3, -0.25) is 4.79 Å². The van der Waals surface area contributed by atoms with Gasteiger partial charge in [0.2, 0.25) is 0 Å². The van der Waals surface area contributed by atoms with Crippen LogP contribution in [0.25, 0.3) is 0 Å². The van der Waals surface area contributed by atoms with E-state index in [9.17, 15) is 9.59 Å². The normalized spacial score (nSPS) is 10.9. The number of methoxy groups -OCH3 is 1. The van der Waals surface area contributed by atoms with Crippen LogP contribution < -0.4 is 5.32 Å². The van der Waals surface area contributed by atoms with Crippen molar-refractivity contribution >= 4 is 23.2 Å². The highest BCUT2D eigenvalue weighted by Gasteiger charge is 2.28. The number of hydrogen-bond donors (Lipinski definition) is 1. The van der Waals surface area contributed by atoms with Crippen molar-refractivity contribution in [2.24, 2.45) is 0 Å². The number of rotatable bonds is 2. The molecule has 1 aromatic heterocycles. The molecule has 0 aliphatic rings. The SMILES string of the molecule is COC(=O)C(=O)NC(C)(C)c1nccs1. The number of thiazole rings is 1. The first kappa shape index (κ1) is 11.6. The number of aromatic nitrogens is 1. The Labute approximate surface area is 91.5 Å². The molecule has 0 aliphatic heterocycles. The molecule has 1 N–H and O–H groups in total. The molecular formula is C9H12N2O3S. The van der Waals surface area contributed by atoms with Gasteiger partial charge in [-0.25, -0.2) is 9.78 Å². The van der Waals surface area contributed by atoms with Gasteiger partial charge < -0.3 is 10.1 Å². The van der Waals surface area contributed by atoms with Gasteiger partial charge in [0.25, 0.3) is 0 Å². The lowest BCUT2D eigenvalue weighted by molar-refractivity contribution is -0.153. The van der Waals surface area contributed by atoms with E-state index in [0.717, 1.165) is 12.1 Å². The molecule has 6 heteroatoms.